The Balaban J connectivity index is 1.59. The molecule has 1 aliphatic heterocycles. The number of nitrogens with one attached hydrogen (secondary N) is 2. The third kappa shape index (κ3) is 3.72. The normalized spacial score (nSPS) is 16.5. The summed E-state index contributed by atoms with van der Waals surface area (Å²) in [7, 11) is 1.67. The van der Waals surface area contributed by atoms with Gasteiger partial charge in [-0.05, 0) is 92.6 Å². The summed E-state index contributed by atoms with van der Waals surface area (Å²) in [6, 6.07) is 7.63. The molecule has 4 rings (SSSR count). The van der Waals surface area contributed by atoms with Gasteiger partial charge in [-0.25, -0.2) is 4.98 Å². The maximum atomic E-state index is 12.9. The summed E-state index contributed by atoms with van der Waals surface area (Å²) in [4.78, 5) is 18.3. The Hall–Kier alpha value is -2.51. The largest absolute Gasteiger partial charge is 0.496 e. The van der Waals surface area contributed by atoms with Crippen LogP contribution in [-0.4, -0.2) is 35.5 Å². The number of rotatable bonds is 5. The molecular weight excluding hydrogens is 372 g/mol. The Morgan fingerprint density at radius 3 is 2.96 bits per heavy atom. The Morgan fingerprint density at radius 1 is 1.36 bits per heavy atom. The predicted molar refractivity (Wildman–Crippen MR) is 113 cm³/mol. The molecule has 1 amide bonds. The van der Waals surface area contributed by atoms with Crippen LogP contribution in [0.4, 0.5) is 5.82 Å². The van der Waals surface area contributed by atoms with Crippen LogP contribution in [0, 0.1) is 19.8 Å². The zero-order valence-corrected chi connectivity index (χ0v) is 17.2. The van der Waals surface area contributed by atoms with Crippen molar-refractivity contribution in [2.45, 2.75) is 26.7 Å². The Kier molecular flexibility index (Phi) is 5.28. The van der Waals surface area contributed by atoms with E-state index in [2.05, 4.69) is 20.0 Å². The third-order valence-electron chi connectivity index (χ3n) is 5.22. The Morgan fingerprint density at radius 2 is 2.21 bits per heavy atom. The van der Waals surface area contributed by atoms with Crippen LogP contribution in [0.3, 0.4) is 0 Å². The lowest BCUT2D eigenvalue weighted by Gasteiger charge is -2.14. The number of aryl methyl sites for hydroxylation is 2. The minimum absolute atomic E-state index is 0.166. The third-order valence-corrected chi connectivity index (χ3v) is 5.96. The van der Waals surface area contributed by atoms with Crippen molar-refractivity contribution in [1.82, 2.24) is 14.7 Å². The van der Waals surface area contributed by atoms with E-state index in [4.69, 9.17) is 4.74 Å². The Labute approximate surface area is 168 Å². The van der Waals surface area contributed by atoms with E-state index in [1.807, 2.05) is 32.0 Å². The Bertz CT molecular complexity index is 1020. The lowest BCUT2D eigenvalue weighted by molar-refractivity contribution is 0.102. The van der Waals surface area contributed by atoms with E-state index in [1.54, 1.807) is 13.2 Å². The maximum Gasteiger partial charge on any atom is 0.256 e. The average molecular weight is 397 g/mol. The minimum atomic E-state index is -0.166. The molecular formula is C21H24N4O2S. The van der Waals surface area contributed by atoms with Gasteiger partial charge in [-0.15, -0.1) is 0 Å². The van der Waals surface area contributed by atoms with Crippen molar-refractivity contribution in [2.75, 3.05) is 25.5 Å². The topological polar surface area (TPSA) is 76.1 Å². The van der Waals surface area contributed by atoms with Crippen molar-refractivity contribution >= 4 is 33.5 Å². The number of aromatic nitrogens is 2. The van der Waals surface area contributed by atoms with Gasteiger partial charge in [0.05, 0.1) is 12.5 Å². The second kappa shape index (κ2) is 7.85. The number of amides is 1. The smallest absolute Gasteiger partial charge is 0.256 e. The van der Waals surface area contributed by atoms with E-state index in [1.165, 1.54) is 11.5 Å². The molecule has 0 radical (unpaired) electrons. The fraction of sp³-hybridized carbons (Fsp3) is 0.381. The molecule has 146 valence electrons. The number of nitrogens with zero attached hydrogens (tertiary/aromatic N) is 2. The summed E-state index contributed by atoms with van der Waals surface area (Å²) in [5.41, 5.74) is 3.70. The van der Waals surface area contributed by atoms with Crippen molar-refractivity contribution in [1.29, 1.82) is 0 Å². The van der Waals surface area contributed by atoms with Gasteiger partial charge in [0.1, 0.15) is 10.6 Å². The van der Waals surface area contributed by atoms with Crippen LogP contribution >= 0.6 is 11.5 Å². The lowest BCUT2D eigenvalue weighted by Crippen LogP contribution is -2.14. The molecule has 3 aromatic rings. The first-order chi connectivity index (χ1) is 13.5. The summed E-state index contributed by atoms with van der Waals surface area (Å²) in [6.45, 7) is 6.04. The molecule has 1 unspecified atom stereocenters. The number of hydrogen-bond acceptors (Lipinski definition) is 6. The van der Waals surface area contributed by atoms with E-state index >= 15 is 0 Å². The van der Waals surface area contributed by atoms with Crippen LogP contribution in [-0.2, 0) is 6.42 Å². The first-order valence-electron chi connectivity index (χ1n) is 9.47. The van der Waals surface area contributed by atoms with E-state index in [0.717, 1.165) is 58.7 Å². The summed E-state index contributed by atoms with van der Waals surface area (Å²) < 4.78 is 9.93. The lowest BCUT2D eigenvalue weighted by atomic mass is 9.96. The van der Waals surface area contributed by atoms with Crippen molar-refractivity contribution in [3.63, 3.8) is 0 Å². The predicted octanol–water partition coefficient (Wildman–Crippen LogP) is 3.72. The quantitative estimate of drug-likeness (QED) is 0.687. The van der Waals surface area contributed by atoms with Crippen LogP contribution in [0.5, 0.6) is 5.75 Å². The fourth-order valence-electron chi connectivity index (χ4n) is 3.84. The van der Waals surface area contributed by atoms with Gasteiger partial charge in [0, 0.05) is 11.3 Å². The molecule has 6 nitrogen and oxygen atoms in total. The average Bonchev–Trinajstić information content (AvgIpc) is 3.31. The van der Waals surface area contributed by atoms with Gasteiger partial charge in [0.2, 0.25) is 0 Å². The number of pyridine rings is 1. The highest BCUT2D eigenvalue weighted by molar-refractivity contribution is 7.13. The van der Waals surface area contributed by atoms with E-state index in [9.17, 15) is 4.79 Å². The number of carbonyl (C=O) groups is 1. The highest BCUT2D eigenvalue weighted by Gasteiger charge is 2.19. The molecule has 1 saturated heterocycles. The zero-order chi connectivity index (χ0) is 19.7. The van der Waals surface area contributed by atoms with Crippen molar-refractivity contribution < 1.29 is 9.53 Å². The molecule has 0 bridgehead atoms. The van der Waals surface area contributed by atoms with Crippen LogP contribution in [0.1, 0.15) is 33.6 Å². The number of fused-ring (bicyclic) bond motifs is 1. The van der Waals surface area contributed by atoms with Gasteiger partial charge < -0.3 is 15.4 Å². The standard InChI is InChI=1S/C21H24N4O2S/c1-12-8-13(2)23-21-18(12)19(25-28-21)24-20(26)15-4-5-17(27-3)16(10-15)9-14-6-7-22-11-14/h4-5,8,10,14,22H,6-7,9,11H2,1-3H3,(H,24,25,26). The van der Waals surface area contributed by atoms with Crippen LogP contribution < -0.4 is 15.4 Å². The summed E-state index contributed by atoms with van der Waals surface area (Å²) >= 11 is 1.31. The fourth-order valence-corrected chi connectivity index (χ4v) is 4.68. The molecule has 0 spiro atoms. The second-order valence-electron chi connectivity index (χ2n) is 7.34. The molecule has 0 saturated carbocycles. The monoisotopic (exact) mass is 396 g/mol. The minimum Gasteiger partial charge on any atom is -0.496 e. The number of carbonyl (C=O) groups excluding carboxylic acids is 1. The zero-order valence-electron chi connectivity index (χ0n) is 16.3. The van der Waals surface area contributed by atoms with Crippen molar-refractivity contribution in [3.05, 3.63) is 46.6 Å². The molecule has 7 heteroatoms. The van der Waals surface area contributed by atoms with Crippen molar-refractivity contribution in [2.24, 2.45) is 5.92 Å². The highest BCUT2D eigenvalue weighted by atomic mass is 32.1. The van der Waals surface area contributed by atoms with Gasteiger partial charge in [0.15, 0.2) is 5.82 Å². The molecule has 0 aliphatic carbocycles. The van der Waals surface area contributed by atoms with Gasteiger partial charge in [-0.3, -0.25) is 4.79 Å². The van der Waals surface area contributed by atoms with Gasteiger partial charge >= 0.3 is 0 Å². The first-order valence-corrected chi connectivity index (χ1v) is 10.2. The molecule has 1 aromatic carbocycles. The summed E-state index contributed by atoms with van der Waals surface area (Å²) in [6.07, 6.45) is 2.05. The molecule has 2 N–H and O–H groups in total. The van der Waals surface area contributed by atoms with Crippen LogP contribution in [0.2, 0.25) is 0 Å². The number of hydrogen-bond donors (Lipinski definition) is 2. The van der Waals surface area contributed by atoms with Crippen LogP contribution in [0.25, 0.3) is 10.2 Å². The first kappa shape index (κ1) is 18.8. The highest BCUT2D eigenvalue weighted by Crippen LogP contribution is 2.30. The molecule has 28 heavy (non-hydrogen) atoms. The van der Waals surface area contributed by atoms with Gasteiger partial charge in [0.25, 0.3) is 5.91 Å². The molecule has 2 aromatic heterocycles. The van der Waals surface area contributed by atoms with E-state index in [0.29, 0.717) is 17.3 Å². The van der Waals surface area contributed by atoms with Crippen molar-refractivity contribution in [3.8, 4) is 5.75 Å². The SMILES string of the molecule is COc1ccc(C(=O)Nc2nsc3nc(C)cc(C)c23)cc1CC1CCNC1. The number of methoxy groups -OCH3 is 1. The van der Waals surface area contributed by atoms with Gasteiger partial charge in [-0.1, -0.05) is 0 Å². The molecule has 1 atom stereocenters. The molecule has 3 heterocycles. The van der Waals surface area contributed by atoms with E-state index < -0.39 is 0 Å². The molecule has 1 aliphatic rings. The molecule has 1 fully saturated rings. The van der Waals surface area contributed by atoms with E-state index in [-0.39, 0.29) is 5.91 Å². The number of anilines is 1. The number of ether oxygens (including phenoxy) is 1. The summed E-state index contributed by atoms with van der Waals surface area (Å²) in [5.74, 6) is 1.82. The summed E-state index contributed by atoms with van der Waals surface area (Å²) in [5, 5.41) is 7.27. The van der Waals surface area contributed by atoms with Gasteiger partial charge in [-0.2, -0.15) is 4.37 Å². The van der Waals surface area contributed by atoms with Crippen LogP contribution in [0.15, 0.2) is 24.3 Å². The second-order valence-corrected chi connectivity index (χ2v) is 8.09. The number of benzene rings is 1. The maximum absolute atomic E-state index is 12.9.